The minimum atomic E-state index is -0.877. The van der Waals surface area contributed by atoms with E-state index in [2.05, 4.69) is 0 Å². The van der Waals surface area contributed by atoms with Gasteiger partial charge in [0.1, 0.15) is 18.3 Å². The fraction of sp³-hybridized carbons (Fsp3) is 1.00. The number of hydrogen-bond acceptors (Lipinski definition) is 5. The van der Waals surface area contributed by atoms with E-state index in [0.29, 0.717) is 13.2 Å². The first-order chi connectivity index (χ1) is 6.75. The lowest BCUT2D eigenvalue weighted by molar-refractivity contribution is -0.175. The van der Waals surface area contributed by atoms with Gasteiger partial charge in [0.05, 0.1) is 26.4 Å². The van der Waals surface area contributed by atoms with E-state index in [1.165, 1.54) is 0 Å². The van der Waals surface area contributed by atoms with Crippen molar-refractivity contribution in [2.75, 3.05) is 26.4 Å². The number of aliphatic hydroxyl groups excluding tert-OH is 1. The predicted molar refractivity (Wildman–Crippen MR) is 46.9 cm³/mol. The lowest BCUT2D eigenvalue weighted by Crippen LogP contribution is -2.31. The summed E-state index contributed by atoms with van der Waals surface area (Å²) in [6.45, 7) is 4.24. The van der Waals surface area contributed by atoms with Crippen molar-refractivity contribution in [2.24, 2.45) is 0 Å². The Hall–Kier alpha value is -0.200. The van der Waals surface area contributed by atoms with Crippen LogP contribution in [0.5, 0.6) is 0 Å². The number of rotatable bonds is 7. The standard InChI is InChI=1S/C9H16O5/c1-6(11-2-7-3-12-7)9(10)14-5-8-4-13-8/h6-10H,2-5H2,1H3. The number of ether oxygens (including phenoxy) is 4. The Kier molecular flexibility index (Phi) is 3.35. The summed E-state index contributed by atoms with van der Waals surface area (Å²) >= 11 is 0. The molecule has 14 heavy (non-hydrogen) atoms. The SMILES string of the molecule is CC(OCC1CO1)C(O)OCC1CO1. The predicted octanol–water partition coefficient (Wildman–Crippen LogP) is -0.476. The minimum absolute atomic E-state index is 0.170. The highest BCUT2D eigenvalue weighted by Crippen LogP contribution is 2.13. The molecule has 0 amide bonds. The third-order valence-corrected chi connectivity index (χ3v) is 2.20. The van der Waals surface area contributed by atoms with E-state index in [1.807, 2.05) is 0 Å². The van der Waals surface area contributed by atoms with Crippen LogP contribution in [0.1, 0.15) is 6.92 Å². The molecule has 82 valence electrons. The molecule has 5 heteroatoms. The summed E-state index contributed by atoms with van der Waals surface area (Å²) in [7, 11) is 0. The van der Waals surface area contributed by atoms with Crippen LogP contribution in [-0.4, -0.2) is 56.1 Å². The highest BCUT2D eigenvalue weighted by Gasteiger charge is 2.27. The summed E-state index contributed by atoms with van der Waals surface area (Å²) in [6.07, 6.45) is -0.809. The monoisotopic (exact) mass is 204 g/mol. The van der Waals surface area contributed by atoms with E-state index in [0.717, 1.165) is 13.2 Å². The van der Waals surface area contributed by atoms with Gasteiger partial charge in [-0.05, 0) is 6.92 Å². The van der Waals surface area contributed by atoms with Gasteiger partial charge in [-0.25, -0.2) is 0 Å². The maximum atomic E-state index is 9.48. The van der Waals surface area contributed by atoms with Crippen LogP contribution in [-0.2, 0) is 18.9 Å². The van der Waals surface area contributed by atoms with Gasteiger partial charge in [-0.15, -0.1) is 0 Å². The van der Waals surface area contributed by atoms with Crippen LogP contribution in [0, 0.1) is 0 Å². The van der Waals surface area contributed by atoms with Crippen molar-refractivity contribution in [3.8, 4) is 0 Å². The Bertz CT molecular complexity index is 158. The molecule has 5 nitrogen and oxygen atoms in total. The van der Waals surface area contributed by atoms with Crippen molar-refractivity contribution in [3.63, 3.8) is 0 Å². The van der Waals surface area contributed by atoms with Crippen LogP contribution in [0.25, 0.3) is 0 Å². The molecule has 2 aliphatic heterocycles. The summed E-state index contributed by atoms with van der Waals surface area (Å²) < 4.78 is 20.4. The van der Waals surface area contributed by atoms with Crippen molar-refractivity contribution in [1.82, 2.24) is 0 Å². The molecule has 1 N–H and O–H groups in total. The largest absolute Gasteiger partial charge is 0.371 e. The second-order valence-corrected chi connectivity index (χ2v) is 3.67. The summed E-state index contributed by atoms with van der Waals surface area (Å²) in [5, 5.41) is 9.48. The molecule has 0 saturated carbocycles. The van der Waals surface area contributed by atoms with E-state index < -0.39 is 6.29 Å². The Morgan fingerprint density at radius 2 is 1.71 bits per heavy atom. The smallest absolute Gasteiger partial charge is 0.180 e. The third kappa shape index (κ3) is 3.51. The van der Waals surface area contributed by atoms with Crippen molar-refractivity contribution >= 4 is 0 Å². The molecule has 2 heterocycles. The normalized spacial score (nSPS) is 33.9. The maximum absolute atomic E-state index is 9.48. The van der Waals surface area contributed by atoms with Crippen molar-refractivity contribution in [2.45, 2.75) is 31.5 Å². The van der Waals surface area contributed by atoms with E-state index in [1.54, 1.807) is 6.92 Å². The Labute approximate surface area is 82.9 Å². The molecule has 0 radical (unpaired) electrons. The van der Waals surface area contributed by atoms with E-state index >= 15 is 0 Å². The topological polar surface area (TPSA) is 63.8 Å². The van der Waals surface area contributed by atoms with Crippen LogP contribution >= 0.6 is 0 Å². The number of epoxide rings is 2. The average Bonchev–Trinajstić information content (AvgIpc) is 3.02. The van der Waals surface area contributed by atoms with E-state index in [4.69, 9.17) is 18.9 Å². The fourth-order valence-electron chi connectivity index (χ4n) is 1.01. The van der Waals surface area contributed by atoms with Gasteiger partial charge in [-0.2, -0.15) is 0 Å². The van der Waals surface area contributed by atoms with Gasteiger partial charge < -0.3 is 24.1 Å². The van der Waals surface area contributed by atoms with Gasteiger partial charge in [-0.3, -0.25) is 0 Å². The summed E-state index contributed by atoms with van der Waals surface area (Å²) in [4.78, 5) is 0. The summed E-state index contributed by atoms with van der Waals surface area (Å²) in [5.41, 5.74) is 0. The van der Waals surface area contributed by atoms with Crippen molar-refractivity contribution < 1.29 is 24.1 Å². The molecule has 0 spiro atoms. The quantitative estimate of drug-likeness (QED) is 0.448. The molecule has 0 aromatic rings. The lowest BCUT2D eigenvalue weighted by Gasteiger charge is -2.18. The molecule has 2 aliphatic rings. The van der Waals surface area contributed by atoms with Gasteiger partial charge >= 0.3 is 0 Å². The Morgan fingerprint density at radius 3 is 2.21 bits per heavy atom. The van der Waals surface area contributed by atoms with Gasteiger partial charge in [0.2, 0.25) is 0 Å². The molecular weight excluding hydrogens is 188 g/mol. The Balaban J connectivity index is 1.53. The second-order valence-electron chi connectivity index (χ2n) is 3.67. The van der Waals surface area contributed by atoms with Gasteiger partial charge in [0, 0.05) is 0 Å². The maximum Gasteiger partial charge on any atom is 0.180 e. The molecule has 4 unspecified atom stereocenters. The third-order valence-electron chi connectivity index (χ3n) is 2.20. The molecular formula is C9H16O5. The zero-order valence-corrected chi connectivity index (χ0v) is 8.22. The van der Waals surface area contributed by atoms with Crippen LogP contribution in [0.3, 0.4) is 0 Å². The molecule has 0 aromatic carbocycles. The van der Waals surface area contributed by atoms with E-state index in [-0.39, 0.29) is 18.3 Å². The molecule has 2 fully saturated rings. The molecule has 4 atom stereocenters. The van der Waals surface area contributed by atoms with Crippen LogP contribution in [0.2, 0.25) is 0 Å². The van der Waals surface area contributed by atoms with Gasteiger partial charge in [0.25, 0.3) is 0 Å². The molecule has 2 rings (SSSR count). The zero-order valence-electron chi connectivity index (χ0n) is 8.22. The molecule has 0 aromatic heterocycles. The highest BCUT2D eigenvalue weighted by molar-refractivity contribution is 4.70. The van der Waals surface area contributed by atoms with E-state index in [9.17, 15) is 5.11 Å². The summed E-state index contributed by atoms with van der Waals surface area (Å²) in [5.74, 6) is 0. The van der Waals surface area contributed by atoms with Crippen LogP contribution in [0.15, 0.2) is 0 Å². The number of hydrogen-bond donors (Lipinski definition) is 1. The highest BCUT2D eigenvalue weighted by atomic mass is 16.7. The first kappa shape index (κ1) is 10.3. The van der Waals surface area contributed by atoms with Gasteiger partial charge in [0.15, 0.2) is 6.29 Å². The first-order valence-corrected chi connectivity index (χ1v) is 4.90. The van der Waals surface area contributed by atoms with Crippen molar-refractivity contribution in [3.05, 3.63) is 0 Å². The second kappa shape index (κ2) is 4.55. The molecule has 0 aliphatic carbocycles. The zero-order chi connectivity index (χ0) is 9.97. The lowest BCUT2D eigenvalue weighted by atomic mass is 10.4. The summed E-state index contributed by atoms with van der Waals surface area (Å²) in [6, 6.07) is 0. The van der Waals surface area contributed by atoms with Crippen molar-refractivity contribution in [1.29, 1.82) is 0 Å². The van der Waals surface area contributed by atoms with Gasteiger partial charge in [-0.1, -0.05) is 0 Å². The Morgan fingerprint density at radius 1 is 1.21 bits per heavy atom. The number of aliphatic hydroxyl groups is 1. The first-order valence-electron chi connectivity index (χ1n) is 4.90. The average molecular weight is 204 g/mol. The van der Waals surface area contributed by atoms with Crippen LogP contribution < -0.4 is 0 Å². The molecule has 2 saturated heterocycles. The minimum Gasteiger partial charge on any atom is -0.371 e. The van der Waals surface area contributed by atoms with Crippen LogP contribution in [0.4, 0.5) is 0 Å². The fourth-order valence-corrected chi connectivity index (χ4v) is 1.01. The molecule has 0 bridgehead atoms.